The lowest BCUT2D eigenvalue weighted by Gasteiger charge is -2.16. The smallest absolute Gasteiger partial charge is 0.243 e. The maximum absolute atomic E-state index is 11.1. The van der Waals surface area contributed by atoms with Crippen molar-refractivity contribution in [3.63, 3.8) is 0 Å². The highest BCUT2D eigenvalue weighted by atomic mass is 16.5. The van der Waals surface area contributed by atoms with Gasteiger partial charge in [0.05, 0.1) is 6.21 Å². The zero-order valence-corrected chi connectivity index (χ0v) is 17.3. The molecule has 0 saturated carbocycles. The zero-order valence-electron chi connectivity index (χ0n) is 17.3. The lowest BCUT2D eigenvalue weighted by atomic mass is 10.1. The van der Waals surface area contributed by atoms with Gasteiger partial charge in [-0.1, -0.05) is 24.8 Å². The molecule has 0 atom stereocenters. The van der Waals surface area contributed by atoms with Gasteiger partial charge in [-0.15, -0.1) is 5.12 Å². The number of hydrogen-bond acceptors (Lipinski definition) is 7. The second-order valence-corrected chi connectivity index (χ2v) is 6.36. The number of benzene rings is 2. The molecule has 5 N–H and O–H groups in total. The number of ether oxygens (including phenoxy) is 1. The van der Waals surface area contributed by atoms with Crippen LogP contribution in [0.4, 0.5) is 0 Å². The standard InChI is InChI=1S/C22H28N6O2/c1-4-21(29)24-14-15-26-28(3)27-25-16-17(2)22(23)18-10-12-20(13-11-18)30-19-8-6-5-7-9-19/h4-13,16,26-27H,1,14-15,23H2,2-3H3,(H,24,29). The van der Waals surface area contributed by atoms with E-state index in [0.717, 1.165) is 22.6 Å². The maximum Gasteiger partial charge on any atom is 0.243 e. The molecule has 0 aliphatic heterocycles. The number of hydrazone groups is 1. The van der Waals surface area contributed by atoms with Gasteiger partial charge in [0.2, 0.25) is 5.91 Å². The van der Waals surface area contributed by atoms with Crippen molar-refractivity contribution in [2.45, 2.75) is 6.92 Å². The molecule has 0 unspecified atom stereocenters. The van der Waals surface area contributed by atoms with Crippen LogP contribution in [0.15, 0.2) is 77.9 Å². The average Bonchev–Trinajstić information content (AvgIpc) is 2.77. The number of nitrogens with one attached hydrogen (secondary N) is 3. The Hall–Kier alpha value is -3.62. The van der Waals surface area contributed by atoms with E-state index in [1.54, 1.807) is 18.4 Å². The molecule has 158 valence electrons. The third kappa shape index (κ3) is 7.78. The van der Waals surface area contributed by atoms with Gasteiger partial charge in [-0.3, -0.25) is 4.79 Å². The number of allylic oxidation sites excluding steroid dienone is 1. The molecule has 0 aliphatic carbocycles. The zero-order chi connectivity index (χ0) is 21.8. The summed E-state index contributed by atoms with van der Waals surface area (Å²) in [5.74, 6) is 1.31. The van der Waals surface area contributed by atoms with E-state index in [9.17, 15) is 4.79 Å². The van der Waals surface area contributed by atoms with Crippen LogP contribution in [-0.2, 0) is 4.79 Å². The molecule has 0 aromatic heterocycles. The fourth-order valence-corrected chi connectivity index (χ4v) is 2.35. The second kappa shape index (κ2) is 12.1. The Morgan fingerprint density at radius 3 is 2.47 bits per heavy atom. The summed E-state index contributed by atoms with van der Waals surface area (Å²) >= 11 is 0. The molecule has 0 spiro atoms. The molecule has 2 aromatic carbocycles. The molecule has 2 aromatic rings. The van der Waals surface area contributed by atoms with Crippen molar-refractivity contribution in [1.82, 2.24) is 21.4 Å². The Labute approximate surface area is 177 Å². The van der Waals surface area contributed by atoms with Gasteiger partial charge in [0, 0.05) is 25.8 Å². The van der Waals surface area contributed by atoms with Crippen LogP contribution in [0.25, 0.3) is 5.70 Å². The van der Waals surface area contributed by atoms with Crippen LogP contribution < -0.4 is 26.7 Å². The molecule has 0 aliphatic rings. The molecular formula is C22H28N6O2. The summed E-state index contributed by atoms with van der Waals surface area (Å²) in [7, 11) is 1.76. The van der Waals surface area contributed by atoms with Crippen LogP contribution in [0.3, 0.4) is 0 Å². The van der Waals surface area contributed by atoms with Crippen molar-refractivity contribution < 1.29 is 9.53 Å². The SMILES string of the molecule is C=CC(=O)NCCNN(C)NN=CC(C)=C(N)c1ccc(Oc2ccccc2)cc1. The van der Waals surface area contributed by atoms with E-state index in [-0.39, 0.29) is 5.91 Å². The van der Waals surface area contributed by atoms with Crippen molar-refractivity contribution >= 4 is 17.8 Å². The first-order valence-electron chi connectivity index (χ1n) is 9.45. The quantitative estimate of drug-likeness (QED) is 0.197. The first-order chi connectivity index (χ1) is 14.5. The van der Waals surface area contributed by atoms with E-state index >= 15 is 0 Å². The number of carbonyl (C=O) groups excluding carboxylic acids is 1. The summed E-state index contributed by atoms with van der Waals surface area (Å²) in [6, 6.07) is 17.2. The summed E-state index contributed by atoms with van der Waals surface area (Å²) < 4.78 is 5.79. The minimum absolute atomic E-state index is 0.207. The van der Waals surface area contributed by atoms with Gasteiger partial charge in [-0.25, -0.2) is 11.0 Å². The number of hydrogen-bond donors (Lipinski definition) is 4. The number of para-hydroxylation sites is 1. The van der Waals surface area contributed by atoms with Gasteiger partial charge in [0.15, 0.2) is 0 Å². The van der Waals surface area contributed by atoms with Crippen molar-refractivity contribution in [1.29, 1.82) is 0 Å². The highest BCUT2D eigenvalue weighted by Crippen LogP contribution is 2.23. The van der Waals surface area contributed by atoms with Gasteiger partial charge in [0.25, 0.3) is 0 Å². The molecule has 0 saturated heterocycles. The van der Waals surface area contributed by atoms with Crippen molar-refractivity contribution in [2.75, 3.05) is 20.1 Å². The fourth-order valence-electron chi connectivity index (χ4n) is 2.35. The van der Waals surface area contributed by atoms with Gasteiger partial charge < -0.3 is 15.8 Å². The van der Waals surface area contributed by atoms with Crippen LogP contribution in [0.2, 0.25) is 0 Å². The molecule has 0 heterocycles. The van der Waals surface area contributed by atoms with Crippen molar-refractivity contribution in [3.8, 4) is 11.5 Å². The van der Waals surface area contributed by atoms with Gasteiger partial charge in [0.1, 0.15) is 11.5 Å². The van der Waals surface area contributed by atoms with Gasteiger partial charge in [-0.2, -0.15) is 5.10 Å². The van der Waals surface area contributed by atoms with E-state index in [2.05, 4.69) is 28.0 Å². The largest absolute Gasteiger partial charge is 0.457 e. The van der Waals surface area contributed by atoms with Crippen LogP contribution in [0.1, 0.15) is 12.5 Å². The lowest BCUT2D eigenvalue weighted by Crippen LogP contribution is -2.45. The molecule has 0 radical (unpaired) electrons. The van der Waals surface area contributed by atoms with E-state index in [1.807, 2.05) is 61.5 Å². The molecule has 0 bridgehead atoms. The third-order valence-corrected chi connectivity index (χ3v) is 3.99. The highest BCUT2D eigenvalue weighted by molar-refractivity contribution is 5.89. The predicted octanol–water partition coefficient (Wildman–Crippen LogP) is 2.40. The summed E-state index contributed by atoms with van der Waals surface area (Å²) in [6.07, 6.45) is 2.87. The Morgan fingerprint density at radius 1 is 1.13 bits per heavy atom. The molecule has 1 amide bonds. The number of nitrogens with zero attached hydrogens (tertiary/aromatic N) is 2. The number of hydrazine groups is 2. The minimum Gasteiger partial charge on any atom is -0.457 e. The van der Waals surface area contributed by atoms with Gasteiger partial charge in [-0.05, 0) is 60.5 Å². The number of nitrogens with two attached hydrogens (primary N) is 1. The van der Waals surface area contributed by atoms with Crippen LogP contribution in [0.5, 0.6) is 11.5 Å². The molecular weight excluding hydrogens is 380 g/mol. The van der Waals surface area contributed by atoms with Gasteiger partial charge >= 0.3 is 0 Å². The molecule has 30 heavy (non-hydrogen) atoms. The van der Waals surface area contributed by atoms with Crippen molar-refractivity contribution in [2.24, 2.45) is 10.8 Å². The number of rotatable bonds is 11. The molecule has 2 rings (SSSR count). The number of carbonyl (C=O) groups is 1. The van der Waals surface area contributed by atoms with Crippen LogP contribution >= 0.6 is 0 Å². The Kier molecular flexibility index (Phi) is 9.11. The summed E-state index contributed by atoms with van der Waals surface area (Å²) in [5, 5.41) is 8.39. The predicted molar refractivity (Wildman–Crippen MR) is 120 cm³/mol. The Balaban J connectivity index is 1.83. The molecule has 8 heteroatoms. The summed E-state index contributed by atoms with van der Waals surface area (Å²) in [5.41, 5.74) is 14.4. The van der Waals surface area contributed by atoms with Crippen molar-refractivity contribution in [3.05, 3.63) is 78.4 Å². The average molecular weight is 409 g/mol. The topological polar surface area (TPSA) is 104 Å². The first-order valence-corrected chi connectivity index (χ1v) is 9.45. The second-order valence-electron chi connectivity index (χ2n) is 6.36. The fraction of sp³-hybridized carbons (Fsp3) is 0.182. The van der Waals surface area contributed by atoms with Crippen LogP contribution in [0, 0.1) is 0 Å². The number of amides is 1. The molecule has 8 nitrogen and oxygen atoms in total. The highest BCUT2D eigenvalue weighted by Gasteiger charge is 2.02. The van der Waals surface area contributed by atoms with E-state index < -0.39 is 0 Å². The normalized spacial score (nSPS) is 11.8. The van der Waals surface area contributed by atoms with E-state index in [1.165, 1.54) is 6.08 Å². The monoisotopic (exact) mass is 408 g/mol. The minimum atomic E-state index is -0.207. The summed E-state index contributed by atoms with van der Waals surface area (Å²) in [6.45, 7) is 6.28. The first kappa shape index (κ1) is 22.7. The molecule has 0 fully saturated rings. The summed E-state index contributed by atoms with van der Waals surface area (Å²) in [4.78, 5) is 11.1. The van der Waals surface area contributed by atoms with E-state index in [0.29, 0.717) is 18.8 Å². The Morgan fingerprint density at radius 2 is 1.80 bits per heavy atom. The maximum atomic E-state index is 11.1. The van der Waals surface area contributed by atoms with E-state index in [4.69, 9.17) is 10.5 Å². The third-order valence-electron chi connectivity index (χ3n) is 3.99. The Bertz CT molecular complexity index is 878. The van der Waals surface area contributed by atoms with Crippen LogP contribution in [-0.4, -0.2) is 37.4 Å². The lowest BCUT2D eigenvalue weighted by molar-refractivity contribution is -0.116.